The van der Waals surface area contributed by atoms with Gasteiger partial charge in [0.1, 0.15) is 0 Å². The zero-order valence-electron chi connectivity index (χ0n) is 2.72. The van der Waals surface area contributed by atoms with Gasteiger partial charge in [0.25, 0.3) is 0 Å². The fourth-order valence-corrected chi connectivity index (χ4v) is 0. The van der Waals surface area contributed by atoms with Gasteiger partial charge in [-0.15, -0.1) is 0 Å². The first kappa shape index (κ1) is 8.25. The second-order valence-electron chi connectivity index (χ2n) is 0.749. The Kier molecular flexibility index (Phi) is 4.54. The predicted molar refractivity (Wildman–Crippen MR) is 37.7 cm³/mol. The molecule has 0 aliphatic carbocycles. The van der Waals surface area contributed by atoms with Gasteiger partial charge >= 0.3 is 61.1 Å². The molecule has 0 nitrogen and oxygen atoms in total. The maximum atomic E-state index is 5.39. The molecule has 0 radical (unpaired) electrons. The van der Waals surface area contributed by atoms with Crippen LogP contribution in [0.2, 0.25) is 0 Å². The molecule has 0 amide bonds. The molecule has 38 valence electrons. The maximum absolute atomic E-state index is 5.39. The van der Waals surface area contributed by atoms with Crippen LogP contribution >= 0.6 is 40.0 Å². The second-order valence-corrected chi connectivity index (χ2v) is 53.3. The van der Waals surface area contributed by atoms with Crippen molar-refractivity contribution in [3.8, 4) is 0 Å². The van der Waals surface area contributed by atoms with Crippen LogP contribution < -0.4 is 0 Å². The number of hydrogen-bond donors (Lipinski definition) is 0. The Morgan fingerprint density at radius 1 is 1.17 bits per heavy atom. The van der Waals surface area contributed by atoms with Crippen molar-refractivity contribution in [2.24, 2.45) is 0 Å². The van der Waals surface area contributed by atoms with Crippen LogP contribution in [0.1, 0.15) is 0 Å². The summed E-state index contributed by atoms with van der Waals surface area (Å²) >= 11 is -1.15. The Morgan fingerprint density at radius 3 is 1.33 bits per heavy atom. The van der Waals surface area contributed by atoms with E-state index >= 15 is 0 Å². The van der Waals surface area contributed by atoms with Crippen LogP contribution in [0.25, 0.3) is 0 Å². The van der Waals surface area contributed by atoms with E-state index in [1.54, 1.807) is 0 Å². The molecule has 0 aliphatic rings. The van der Waals surface area contributed by atoms with Gasteiger partial charge in [0, 0.05) is 0 Å². The summed E-state index contributed by atoms with van der Waals surface area (Å²) in [6.45, 7) is 0. The topological polar surface area (TPSA) is 0 Å². The van der Waals surface area contributed by atoms with Gasteiger partial charge in [0.2, 0.25) is 0 Å². The molecular weight excluding hydrogens is 287 g/mol. The Hall–Kier alpha value is 2.25. The molecule has 0 heterocycles. The molecule has 0 aromatic carbocycles. The quantitative estimate of drug-likeness (QED) is 0.641. The van der Waals surface area contributed by atoms with Crippen LogP contribution in [0.3, 0.4) is 0 Å². The summed E-state index contributed by atoms with van der Waals surface area (Å²) in [5.74, 6) is 0. The van der Waals surface area contributed by atoms with Crippen LogP contribution in [-0.2, 0) is 0 Å². The van der Waals surface area contributed by atoms with Crippen molar-refractivity contribution in [2.45, 2.75) is 0 Å². The average molecular weight is 289 g/mol. The van der Waals surface area contributed by atoms with Crippen LogP contribution in [0.5, 0.6) is 0 Å². The second kappa shape index (κ2) is 3.31. The van der Waals surface area contributed by atoms with E-state index < -0.39 is 21.0 Å². The summed E-state index contributed by atoms with van der Waals surface area (Å²) in [6, 6.07) is 0. The number of halogens is 4. The molecule has 0 spiro atoms. The van der Waals surface area contributed by atoms with Crippen molar-refractivity contribution in [1.82, 2.24) is 0 Å². The van der Waals surface area contributed by atoms with Gasteiger partial charge in [-0.3, -0.25) is 0 Å². The van der Waals surface area contributed by atoms with E-state index in [-0.39, 0.29) is 0 Å². The molecule has 0 rings (SSSR count). The number of hydrogen-bond acceptors (Lipinski definition) is 0. The van der Waals surface area contributed by atoms with E-state index in [2.05, 4.69) is 0 Å². The molecule has 0 atom stereocenters. The number of rotatable bonds is 1. The third-order valence-corrected chi connectivity index (χ3v) is 36.8. The molecule has 6 heteroatoms. The van der Waals surface area contributed by atoms with Gasteiger partial charge < -0.3 is 0 Å². The third kappa shape index (κ3) is 6.25. The summed E-state index contributed by atoms with van der Waals surface area (Å²) in [6.07, 6.45) is 0. The Morgan fingerprint density at radius 2 is 1.33 bits per heavy atom. The van der Waals surface area contributed by atoms with E-state index in [1.165, 1.54) is 0 Å². The van der Waals surface area contributed by atoms with Crippen molar-refractivity contribution < 1.29 is 0 Å². The van der Waals surface area contributed by atoms with Crippen LogP contribution in [0, 0.1) is 0 Å². The average Bonchev–Trinajstić information content (AvgIpc) is 1.35. The van der Waals surface area contributed by atoms with E-state index in [4.69, 9.17) is 40.0 Å². The van der Waals surface area contributed by atoms with Crippen molar-refractivity contribution in [2.75, 3.05) is 0 Å². The molecular formula is H2Cl4Ge2. The van der Waals surface area contributed by atoms with Gasteiger partial charge in [-0.2, -0.15) is 0 Å². The Labute approximate surface area is 60.4 Å². The minimum atomic E-state index is -2.67. The van der Waals surface area contributed by atoms with Crippen molar-refractivity contribution in [1.29, 1.82) is 0 Å². The fourth-order valence-electron chi connectivity index (χ4n) is 0. The first-order chi connectivity index (χ1) is 2.56. The molecule has 0 aromatic heterocycles. The summed E-state index contributed by atoms with van der Waals surface area (Å²) < 4.78 is 0. The molecule has 0 aromatic rings. The fraction of sp³-hybridized carbons (Fsp3) is 0. The molecule has 0 unspecified atom stereocenters. The summed E-state index contributed by atoms with van der Waals surface area (Å²) in [5, 5.41) is 0. The van der Waals surface area contributed by atoms with Gasteiger partial charge in [-0.1, -0.05) is 0 Å². The first-order valence-electron chi connectivity index (χ1n) is 1.19. The van der Waals surface area contributed by atoms with E-state index in [1.807, 2.05) is 0 Å². The molecule has 0 fully saturated rings. The monoisotopic (exact) mass is 290 g/mol. The predicted octanol–water partition coefficient (Wildman–Crippen LogP) is 1.46. The normalized spacial score (nSPS) is 14.0. The van der Waals surface area contributed by atoms with Gasteiger partial charge in [-0.05, 0) is 0 Å². The zero-order chi connectivity index (χ0) is 5.21. The third-order valence-electron chi connectivity index (χ3n) is 0.152. The van der Waals surface area contributed by atoms with Crippen molar-refractivity contribution in [3.05, 3.63) is 0 Å². The standard InChI is InChI=1S/Cl4Ge2H2/c1-5-6(2,3)4/h5H2. The molecule has 0 N–H and O–H groups in total. The molecule has 0 bridgehead atoms. The summed E-state index contributed by atoms with van der Waals surface area (Å²) in [5.41, 5.74) is 0. The van der Waals surface area contributed by atoms with Crippen molar-refractivity contribution in [3.63, 3.8) is 0 Å². The molecule has 0 saturated heterocycles. The summed E-state index contributed by atoms with van der Waals surface area (Å²) in [7, 11) is 18.8. The summed E-state index contributed by atoms with van der Waals surface area (Å²) in [4.78, 5) is 0. The Balaban J connectivity index is 3.17. The van der Waals surface area contributed by atoms with Crippen LogP contribution in [0.4, 0.5) is 0 Å². The molecule has 0 aliphatic heterocycles. The van der Waals surface area contributed by atoms with E-state index in [9.17, 15) is 0 Å². The zero-order valence-corrected chi connectivity index (χ0v) is 10.8. The van der Waals surface area contributed by atoms with Crippen LogP contribution in [-0.4, -0.2) is 21.0 Å². The SMILES string of the molecule is [Cl][GeH2][Ge]([Cl])([Cl])[Cl]. The van der Waals surface area contributed by atoms with Crippen molar-refractivity contribution >= 4 is 61.1 Å². The van der Waals surface area contributed by atoms with Gasteiger partial charge in [0.15, 0.2) is 0 Å². The van der Waals surface area contributed by atoms with E-state index in [0.717, 1.165) is 0 Å². The molecule has 0 saturated carbocycles. The van der Waals surface area contributed by atoms with Crippen LogP contribution in [0.15, 0.2) is 0 Å². The van der Waals surface area contributed by atoms with Gasteiger partial charge in [0.05, 0.1) is 0 Å². The van der Waals surface area contributed by atoms with E-state index in [0.29, 0.717) is 0 Å². The van der Waals surface area contributed by atoms with Gasteiger partial charge in [-0.25, -0.2) is 0 Å². The molecule has 6 heavy (non-hydrogen) atoms. The Bertz CT molecular complexity index is 35.3. The minimum absolute atomic E-state index is 1.15. The first-order valence-corrected chi connectivity index (χ1v) is 22.5.